The summed E-state index contributed by atoms with van der Waals surface area (Å²) in [6.07, 6.45) is 3.02. The highest BCUT2D eigenvalue weighted by Gasteiger charge is 2.42. The summed E-state index contributed by atoms with van der Waals surface area (Å²) in [5.74, 6) is 1.88. The molecule has 4 atom stereocenters. The van der Waals surface area contributed by atoms with Crippen molar-refractivity contribution in [2.24, 2.45) is 0 Å². The standard InChI is InChI=1S/C13H22O4S2/c1-10(7-12(14)16-2)19(15)11-3-5-17-13(8-11)4-6-18-9-13/h10-11H,3-9H2,1-2H3. The Bertz CT molecular complexity index is 353. The molecule has 110 valence electrons. The van der Waals surface area contributed by atoms with E-state index in [4.69, 9.17) is 4.74 Å². The smallest absolute Gasteiger partial charge is 0.306 e. The van der Waals surface area contributed by atoms with Crippen molar-refractivity contribution < 1.29 is 18.5 Å². The summed E-state index contributed by atoms with van der Waals surface area (Å²) in [6, 6.07) is 0. The Kier molecular flexibility index (Phi) is 5.31. The largest absolute Gasteiger partial charge is 0.469 e. The van der Waals surface area contributed by atoms with Crippen LogP contribution in [0.3, 0.4) is 0 Å². The predicted octanol–water partition coefficient (Wildman–Crippen LogP) is 1.74. The van der Waals surface area contributed by atoms with Crippen LogP contribution in [0.15, 0.2) is 0 Å². The highest BCUT2D eigenvalue weighted by molar-refractivity contribution is 7.99. The molecule has 2 saturated heterocycles. The van der Waals surface area contributed by atoms with Crippen molar-refractivity contribution in [3.63, 3.8) is 0 Å². The van der Waals surface area contributed by atoms with E-state index in [2.05, 4.69) is 4.74 Å². The molecule has 2 aliphatic heterocycles. The van der Waals surface area contributed by atoms with E-state index in [0.717, 1.165) is 30.8 Å². The van der Waals surface area contributed by atoms with Crippen LogP contribution in [0, 0.1) is 0 Å². The third-order valence-electron chi connectivity index (χ3n) is 3.92. The molecular formula is C13H22O4S2. The Labute approximate surface area is 121 Å². The monoisotopic (exact) mass is 306 g/mol. The summed E-state index contributed by atoms with van der Waals surface area (Å²) in [4.78, 5) is 11.3. The first-order chi connectivity index (χ1) is 9.06. The minimum Gasteiger partial charge on any atom is -0.469 e. The minimum atomic E-state index is -0.986. The number of esters is 1. The van der Waals surface area contributed by atoms with Gasteiger partial charge in [-0.2, -0.15) is 11.8 Å². The molecule has 0 N–H and O–H groups in total. The van der Waals surface area contributed by atoms with Crippen molar-refractivity contribution in [1.29, 1.82) is 0 Å². The Hall–Kier alpha value is -0.0700. The third kappa shape index (κ3) is 3.73. The Balaban J connectivity index is 1.93. The van der Waals surface area contributed by atoms with Crippen LogP contribution in [0.2, 0.25) is 0 Å². The lowest BCUT2D eigenvalue weighted by Gasteiger charge is -2.38. The fraction of sp³-hybridized carbons (Fsp3) is 0.923. The molecule has 0 aliphatic carbocycles. The van der Waals surface area contributed by atoms with Gasteiger partial charge in [-0.05, 0) is 25.0 Å². The summed E-state index contributed by atoms with van der Waals surface area (Å²) < 4.78 is 23.1. The van der Waals surface area contributed by atoms with E-state index in [9.17, 15) is 9.00 Å². The molecule has 0 aromatic rings. The molecule has 0 amide bonds. The fourth-order valence-corrected chi connectivity index (χ4v) is 5.91. The van der Waals surface area contributed by atoms with Gasteiger partial charge in [0.15, 0.2) is 0 Å². The Morgan fingerprint density at radius 3 is 3.05 bits per heavy atom. The second-order valence-corrected chi connectivity index (χ2v) is 8.60. The molecule has 0 aromatic heterocycles. The van der Waals surface area contributed by atoms with Crippen molar-refractivity contribution in [2.75, 3.05) is 25.2 Å². The Morgan fingerprint density at radius 1 is 1.63 bits per heavy atom. The van der Waals surface area contributed by atoms with Crippen LogP contribution in [0.1, 0.15) is 32.6 Å². The molecule has 2 rings (SSSR count). The number of methoxy groups -OCH3 is 1. The van der Waals surface area contributed by atoms with Crippen molar-refractivity contribution >= 4 is 28.5 Å². The van der Waals surface area contributed by atoms with Crippen LogP contribution in [0.4, 0.5) is 0 Å². The van der Waals surface area contributed by atoms with Gasteiger partial charge in [-0.1, -0.05) is 6.92 Å². The van der Waals surface area contributed by atoms with Crippen LogP contribution < -0.4 is 0 Å². The van der Waals surface area contributed by atoms with E-state index in [-0.39, 0.29) is 28.5 Å². The molecule has 0 bridgehead atoms. The minimum absolute atomic E-state index is 0.0474. The van der Waals surface area contributed by atoms with Crippen LogP contribution in [-0.4, -0.2) is 51.5 Å². The van der Waals surface area contributed by atoms with E-state index >= 15 is 0 Å². The predicted molar refractivity (Wildman–Crippen MR) is 77.9 cm³/mol. The van der Waals surface area contributed by atoms with Crippen molar-refractivity contribution in [2.45, 2.75) is 48.7 Å². The van der Waals surface area contributed by atoms with Gasteiger partial charge < -0.3 is 9.47 Å². The van der Waals surface area contributed by atoms with Gasteiger partial charge in [-0.25, -0.2) is 0 Å². The Morgan fingerprint density at radius 2 is 2.42 bits per heavy atom. The summed E-state index contributed by atoms with van der Waals surface area (Å²) in [7, 11) is 0.387. The van der Waals surface area contributed by atoms with Gasteiger partial charge in [0.1, 0.15) is 0 Å². The number of carbonyl (C=O) groups excluding carboxylic acids is 1. The number of hydrogen-bond donors (Lipinski definition) is 0. The SMILES string of the molecule is COC(=O)CC(C)S(=O)C1CCOC2(CCSC2)C1. The van der Waals surface area contributed by atoms with Gasteiger partial charge >= 0.3 is 5.97 Å². The maximum absolute atomic E-state index is 12.5. The third-order valence-corrected chi connectivity index (χ3v) is 7.16. The van der Waals surface area contributed by atoms with E-state index in [0.29, 0.717) is 6.61 Å². The molecule has 19 heavy (non-hydrogen) atoms. The van der Waals surface area contributed by atoms with Crippen molar-refractivity contribution in [3.8, 4) is 0 Å². The van der Waals surface area contributed by atoms with Gasteiger partial charge in [-0.15, -0.1) is 0 Å². The highest BCUT2D eigenvalue weighted by Crippen LogP contribution is 2.40. The zero-order valence-corrected chi connectivity index (χ0v) is 13.2. The van der Waals surface area contributed by atoms with Gasteiger partial charge in [0.25, 0.3) is 0 Å². The van der Waals surface area contributed by atoms with Crippen molar-refractivity contribution in [3.05, 3.63) is 0 Å². The van der Waals surface area contributed by atoms with Gasteiger partial charge in [0, 0.05) is 33.7 Å². The summed E-state index contributed by atoms with van der Waals surface area (Å²) in [5, 5.41) is 0.0220. The maximum Gasteiger partial charge on any atom is 0.306 e. The quantitative estimate of drug-likeness (QED) is 0.741. The van der Waals surface area contributed by atoms with Crippen LogP contribution in [0.5, 0.6) is 0 Å². The molecule has 6 heteroatoms. The van der Waals surface area contributed by atoms with Crippen LogP contribution in [0.25, 0.3) is 0 Å². The number of hydrogen-bond acceptors (Lipinski definition) is 5. The van der Waals surface area contributed by atoms with E-state index in [1.54, 1.807) is 0 Å². The molecule has 2 heterocycles. The number of thioether (sulfide) groups is 1. The average molecular weight is 306 g/mol. The van der Waals surface area contributed by atoms with Crippen molar-refractivity contribution in [1.82, 2.24) is 0 Å². The molecule has 0 saturated carbocycles. The topological polar surface area (TPSA) is 52.6 Å². The number of rotatable bonds is 4. The van der Waals surface area contributed by atoms with Crippen LogP contribution >= 0.6 is 11.8 Å². The first kappa shape index (κ1) is 15.3. The lowest BCUT2D eigenvalue weighted by Crippen LogP contribution is -2.44. The normalized spacial score (nSPS) is 34.1. The van der Waals surface area contributed by atoms with Gasteiger partial charge in [0.05, 0.1) is 19.1 Å². The van der Waals surface area contributed by atoms with Crippen LogP contribution in [-0.2, 0) is 25.1 Å². The zero-order valence-electron chi connectivity index (χ0n) is 11.6. The lowest BCUT2D eigenvalue weighted by atomic mass is 9.93. The summed E-state index contributed by atoms with van der Waals surface area (Å²) in [6.45, 7) is 2.57. The molecule has 0 radical (unpaired) electrons. The highest BCUT2D eigenvalue weighted by atomic mass is 32.2. The molecule has 0 aromatic carbocycles. The van der Waals surface area contributed by atoms with Gasteiger partial charge in [-0.3, -0.25) is 9.00 Å². The maximum atomic E-state index is 12.5. The zero-order chi connectivity index (χ0) is 13.9. The summed E-state index contributed by atoms with van der Waals surface area (Å²) >= 11 is 1.92. The second-order valence-electron chi connectivity index (χ2n) is 5.37. The van der Waals surface area contributed by atoms with E-state index in [1.807, 2.05) is 18.7 Å². The summed E-state index contributed by atoms with van der Waals surface area (Å²) in [5.41, 5.74) is -0.0474. The molecule has 2 aliphatic rings. The number of carbonyl (C=O) groups is 1. The fourth-order valence-electron chi connectivity index (χ4n) is 2.77. The molecule has 4 nitrogen and oxygen atoms in total. The number of ether oxygens (including phenoxy) is 2. The lowest BCUT2D eigenvalue weighted by molar-refractivity contribution is -0.140. The molecule has 4 unspecified atom stereocenters. The first-order valence-corrected chi connectivity index (χ1v) is 9.17. The molecule has 2 fully saturated rings. The van der Waals surface area contributed by atoms with E-state index in [1.165, 1.54) is 7.11 Å². The van der Waals surface area contributed by atoms with Gasteiger partial charge in [0.2, 0.25) is 0 Å². The first-order valence-electron chi connectivity index (χ1n) is 6.74. The second kappa shape index (κ2) is 6.59. The molecular weight excluding hydrogens is 284 g/mol. The molecule has 1 spiro atoms. The van der Waals surface area contributed by atoms with E-state index < -0.39 is 10.8 Å². The average Bonchev–Trinajstić information content (AvgIpc) is 2.85.